The molecule has 1 unspecified atom stereocenters. The number of halogens is 4. The Morgan fingerprint density at radius 1 is 1.03 bits per heavy atom. The third-order valence-electron chi connectivity index (χ3n) is 5.22. The quantitative estimate of drug-likeness (QED) is 0.175. The highest BCUT2D eigenvalue weighted by atomic mass is 35.5. The lowest BCUT2D eigenvalue weighted by Crippen LogP contribution is -2.29. The van der Waals surface area contributed by atoms with Crippen molar-refractivity contribution >= 4 is 38.5 Å². The highest BCUT2D eigenvalue weighted by Crippen LogP contribution is 2.42. The maximum Gasteiger partial charge on any atom is 0.534 e. The zero-order valence-corrected chi connectivity index (χ0v) is 22.3. The molecule has 0 fully saturated rings. The molecule has 0 saturated heterocycles. The van der Waals surface area contributed by atoms with E-state index >= 15 is 0 Å². The number of hydrogen-bond donors (Lipinski definition) is 0. The number of hydrogen-bond acceptors (Lipinski definition) is 6. The summed E-state index contributed by atoms with van der Waals surface area (Å²) in [6.45, 7) is 8.90. The van der Waals surface area contributed by atoms with Gasteiger partial charge in [-0.2, -0.15) is 21.6 Å². The first-order chi connectivity index (χ1) is 17.0. The van der Waals surface area contributed by atoms with Gasteiger partial charge in [-0.3, -0.25) is 0 Å². The van der Waals surface area contributed by atoms with Crippen molar-refractivity contribution in [1.29, 1.82) is 0 Å². The fourth-order valence-electron chi connectivity index (χ4n) is 3.83. The molecular weight excluding hydrogens is 533 g/mol. The van der Waals surface area contributed by atoms with Crippen molar-refractivity contribution in [2.24, 2.45) is 0 Å². The van der Waals surface area contributed by atoms with Gasteiger partial charge in [0.2, 0.25) is 0 Å². The molecule has 3 aromatic rings. The molecule has 11 heteroatoms. The monoisotopic (exact) mass is 558 g/mol. The van der Waals surface area contributed by atoms with Gasteiger partial charge in [0.05, 0.1) is 12.2 Å². The van der Waals surface area contributed by atoms with Crippen LogP contribution in [0.3, 0.4) is 0 Å². The first-order valence-corrected chi connectivity index (χ1v) is 13.0. The largest absolute Gasteiger partial charge is 0.534 e. The fourth-order valence-corrected chi connectivity index (χ4v) is 4.41. The lowest BCUT2D eigenvalue weighted by atomic mass is 9.87. The zero-order valence-electron chi connectivity index (χ0n) is 20.8. The summed E-state index contributed by atoms with van der Waals surface area (Å²) in [5.41, 5.74) is -4.04. The maximum atomic E-state index is 13.1. The van der Waals surface area contributed by atoms with Crippen LogP contribution in [-0.2, 0) is 24.4 Å². The summed E-state index contributed by atoms with van der Waals surface area (Å²) in [5.74, 6) is -1.11. The SMILES string of the molecule is CCOC(=O)C(OC(C)(C)C)c1c(C)cc2cc(OS(=O)(=O)C(F)(F)F)ccc2c1-c1ccc(Cl)cc1. The van der Waals surface area contributed by atoms with Crippen molar-refractivity contribution in [1.82, 2.24) is 0 Å². The predicted molar refractivity (Wildman–Crippen MR) is 135 cm³/mol. The van der Waals surface area contributed by atoms with Crippen LogP contribution in [-0.4, -0.2) is 32.1 Å². The van der Waals surface area contributed by atoms with E-state index in [1.165, 1.54) is 12.1 Å². The van der Waals surface area contributed by atoms with Crippen LogP contribution in [0.1, 0.15) is 44.9 Å². The minimum Gasteiger partial charge on any atom is -0.464 e. The Morgan fingerprint density at radius 2 is 1.65 bits per heavy atom. The average molecular weight is 559 g/mol. The Kier molecular flexibility index (Phi) is 8.16. The van der Waals surface area contributed by atoms with Crippen LogP contribution in [0.4, 0.5) is 13.2 Å². The second kappa shape index (κ2) is 10.5. The van der Waals surface area contributed by atoms with Crippen LogP contribution in [0.2, 0.25) is 5.02 Å². The summed E-state index contributed by atoms with van der Waals surface area (Å²) in [5, 5.41) is 1.38. The molecular formula is C26H26ClF3O6S. The molecule has 0 aliphatic heterocycles. The number of carbonyl (C=O) groups is 1. The zero-order chi connectivity index (χ0) is 27.8. The van der Waals surface area contributed by atoms with Gasteiger partial charge < -0.3 is 13.7 Å². The van der Waals surface area contributed by atoms with E-state index in [4.69, 9.17) is 21.1 Å². The van der Waals surface area contributed by atoms with Crippen molar-refractivity contribution in [3.63, 3.8) is 0 Å². The molecule has 0 spiro atoms. The Bertz CT molecular complexity index is 1410. The summed E-state index contributed by atoms with van der Waals surface area (Å²) < 4.78 is 77.4. The summed E-state index contributed by atoms with van der Waals surface area (Å²) in [6, 6.07) is 12.2. The lowest BCUT2D eigenvalue weighted by Gasteiger charge is -2.29. The van der Waals surface area contributed by atoms with Crippen LogP contribution in [0, 0.1) is 6.92 Å². The van der Waals surface area contributed by atoms with Gasteiger partial charge in [0, 0.05) is 10.6 Å². The number of alkyl halides is 3. The van der Waals surface area contributed by atoms with Crippen molar-refractivity contribution in [2.45, 2.75) is 51.8 Å². The van der Waals surface area contributed by atoms with E-state index in [9.17, 15) is 26.4 Å². The summed E-state index contributed by atoms with van der Waals surface area (Å²) in [6.07, 6.45) is -1.13. The third-order valence-corrected chi connectivity index (χ3v) is 6.45. The van der Waals surface area contributed by atoms with Gasteiger partial charge in [0.15, 0.2) is 6.10 Å². The van der Waals surface area contributed by atoms with E-state index in [2.05, 4.69) is 4.18 Å². The summed E-state index contributed by atoms with van der Waals surface area (Å²) in [7, 11) is -5.85. The molecule has 0 aliphatic rings. The number of fused-ring (bicyclic) bond motifs is 1. The van der Waals surface area contributed by atoms with Gasteiger partial charge in [0.1, 0.15) is 5.75 Å². The van der Waals surface area contributed by atoms with Crippen LogP contribution in [0.5, 0.6) is 5.75 Å². The summed E-state index contributed by atoms with van der Waals surface area (Å²) in [4.78, 5) is 13.1. The standard InChI is InChI=1S/C26H26ClF3O6S/c1-6-34-24(31)23(35-25(3,4)5)21-15(2)13-17-14-19(36-37(32,33)26(28,29)30)11-12-20(17)22(21)16-7-9-18(27)10-8-16/h7-14,23H,6H2,1-5H3. The van der Waals surface area contributed by atoms with E-state index in [1.807, 2.05) is 0 Å². The molecule has 0 aromatic heterocycles. The molecule has 37 heavy (non-hydrogen) atoms. The van der Waals surface area contributed by atoms with Crippen molar-refractivity contribution in [3.8, 4) is 16.9 Å². The first kappa shape index (κ1) is 28.7. The smallest absolute Gasteiger partial charge is 0.464 e. The van der Waals surface area contributed by atoms with Gasteiger partial charge in [-0.05, 0) is 86.3 Å². The molecule has 3 rings (SSSR count). The minimum atomic E-state index is -5.85. The van der Waals surface area contributed by atoms with Gasteiger partial charge >= 0.3 is 21.6 Å². The van der Waals surface area contributed by atoms with Crippen molar-refractivity contribution in [2.75, 3.05) is 6.61 Å². The van der Waals surface area contributed by atoms with Gasteiger partial charge in [-0.25, -0.2) is 4.79 Å². The number of benzene rings is 3. The number of esters is 1. The van der Waals surface area contributed by atoms with Crippen LogP contribution in [0.15, 0.2) is 48.5 Å². The number of aryl methyl sites for hydroxylation is 1. The van der Waals surface area contributed by atoms with Crippen LogP contribution in [0.25, 0.3) is 21.9 Å². The van der Waals surface area contributed by atoms with Gasteiger partial charge in [-0.1, -0.05) is 35.9 Å². The van der Waals surface area contributed by atoms with Gasteiger partial charge in [0.25, 0.3) is 0 Å². The molecule has 200 valence electrons. The highest BCUT2D eigenvalue weighted by Gasteiger charge is 2.48. The van der Waals surface area contributed by atoms with Gasteiger partial charge in [-0.15, -0.1) is 0 Å². The molecule has 0 saturated carbocycles. The van der Waals surface area contributed by atoms with Crippen LogP contribution >= 0.6 is 11.6 Å². The van der Waals surface area contributed by atoms with Crippen molar-refractivity contribution < 1.29 is 40.0 Å². The maximum absolute atomic E-state index is 13.1. The first-order valence-electron chi connectivity index (χ1n) is 11.2. The molecule has 0 heterocycles. The second-order valence-electron chi connectivity index (χ2n) is 9.22. The Balaban J connectivity index is 2.33. The predicted octanol–water partition coefficient (Wildman–Crippen LogP) is 7.12. The molecule has 0 radical (unpaired) electrons. The summed E-state index contributed by atoms with van der Waals surface area (Å²) >= 11 is 6.08. The fraction of sp³-hybridized carbons (Fsp3) is 0.346. The van der Waals surface area contributed by atoms with Crippen LogP contribution < -0.4 is 4.18 Å². The second-order valence-corrected chi connectivity index (χ2v) is 11.2. The van der Waals surface area contributed by atoms with E-state index in [0.717, 1.165) is 6.07 Å². The van der Waals surface area contributed by atoms with Crippen molar-refractivity contribution in [3.05, 3.63) is 64.7 Å². The molecule has 3 aromatic carbocycles. The average Bonchev–Trinajstić information content (AvgIpc) is 2.76. The molecule has 0 N–H and O–H groups in total. The number of ether oxygens (including phenoxy) is 2. The number of carbonyl (C=O) groups excluding carboxylic acids is 1. The molecule has 6 nitrogen and oxygen atoms in total. The minimum absolute atomic E-state index is 0.125. The van der Waals surface area contributed by atoms with E-state index in [1.54, 1.807) is 65.0 Å². The molecule has 0 amide bonds. The Morgan fingerprint density at radius 3 is 2.19 bits per heavy atom. The normalized spacial score (nSPS) is 13.4. The van der Waals surface area contributed by atoms with E-state index < -0.39 is 39.1 Å². The molecule has 0 bridgehead atoms. The lowest BCUT2D eigenvalue weighted by molar-refractivity contribution is -0.166. The number of rotatable bonds is 7. The highest BCUT2D eigenvalue weighted by molar-refractivity contribution is 7.88. The third kappa shape index (κ3) is 6.55. The molecule has 1 atom stereocenters. The van der Waals surface area contributed by atoms with E-state index in [-0.39, 0.29) is 6.61 Å². The van der Waals surface area contributed by atoms with E-state index in [0.29, 0.717) is 38.0 Å². The topological polar surface area (TPSA) is 78.9 Å². The Labute approximate surface area is 218 Å². The molecule has 0 aliphatic carbocycles. The Hall–Kier alpha value is -2.82.